The fourth-order valence-electron chi connectivity index (χ4n) is 2.08. The highest BCUT2D eigenvalue weighted by Gasteiger charge is 2.13. The number of anilines is 1. The van der Waals surface area contributed by atoms with Crippen LogP contribution in [0.25, 0.3) is 0 Å². The van der Waals surface area contributed by atoms with Crippen LogP contribution in [0.1, 0.15) is 22.7 Å². The fraction of sp³-hybridized carbons (Fsp3) is 0.267. The molecular formula is C15H17FN2O. The number of hydrogen-bond donors (Lipinski definition) is 2. The monoisotopic (exact) mass is 260 g/mol. The van der Waals surface area contributed by atoms with E-state index in [2.05, 4.69) is 10.3 Å². The van der Waals surface area contributed by atoms with Gasteiger partial charge in [0.2, 0.25) is 0 Å². The third-order valence-electron chi connectivity index (χ3n) is 3.02. The second-order valence-electron chi connectivity index (χ2n) is 4.63. The van der Waals surface area contributed by atoms with E-state index in [0.717, 1.165) is 16.7 Å². The highest BCUT2D eigenvalue weighted by atomic mass is 19.1. The summed E-state index contributed by atoms with van der Waals surface area (Å²) in [5.74, 6) is -0.290. The molecule has 0 aliphatic heterocycles. The number of nitrogens with zero attached hydrogens (tertiary/aromatic N) is 1. The standard InChI is InChI=1S/C15H17FN2O/c1-10-5-12(16)7-13(6-10)18-15(9-19)14-8-17-4-3-11(14)2/h3-8,15,18-19H,9H2,1-2H3. The van der Waals surface area contributed by atoms with Crippen LogP contribution in [0, 0.1) is 19.7 Å². The van der Waals surface area contributed by atoms with Crippen LogP contribution in [0.2, 0.25) is 0 Å². The van der Waals surface area contributed by atoms with Crippen molar-refractivity contribution in [3.63, 3.8) is 0 Å². The van der Waals surface area contributed by atoms with E-state index in [9.17, 15) is 9.50 Å². The Kier molecular flexibility index (Phi) is 4.12. The lowest BCUT2D eigenvalue weighted by Crippen LogP contribution is -2.16. The highest BCUT2D eigenvalue weighted by molar-refractivity contribution is 5.48. The van der Waals surface area contributed by atoms with E-state index in [-0.39, 0.29) is 18.5 Å². The fourth-order valence-corrected chi connectivity index (χ4v) is 2.08. The van der Waals surface area contributed by atoms with Crippen molar-refractivity contribution < 1.29 is 9.50 Å². The van der Waals surface area contributed by atoms with Gasteiger partial charge in [-0.3, -0.25) is 4.98 Å². The molecule has 0 radical (unpaired) electrons. The maximum Gasteiger partial charge on any atom is 0.125 e. The lowest BCUT2D eigenvalue weighted by molar-refractivity contribution is 0.276. The predicted molar refractivity (Wildman–Crippen MR) is 73.6 cm³/mol. The van der Waals surface area contributed by atoms with Gasteiger partial charge in [-0.05, 0) is 54.8 Å². The molecule has 4 heteroatoms. The molecule has 1 aromatic carbocycles. The van der Waals surface area contributed by atoms with Gasteiger partial charge in [-0.25, -0.2) is 4.39 Å². The van der Waals surface area contributed by atoms with Gasteiger partial charge < -0.3 is 10.4 Å². The lowest BCUT2D eigenvalue weighted by atomic mass is 10.0. The Hall–Kier alpha value is -1.94. The average Bonchev–Trinajstić information content (AvgIpc) is 2.36. The molecule has 0 saturated carbocycles. The molecule has 0 saturated heterocycles. The molecule has 2 rings (SSSR count). The molecule has 0 fully saturated rings. The van der Waals surface area contributed by atoms with E-state index in [1.54, 1.807) is 12.4 Å². The van der Waals surface area contributed by atoms with Crippen molar-refractivity contribution in [1.29, 1.82) is 0 Å². The SMILES string of the molecule is Cc1cc(F)cc(NC(CO)c2cnccc2C)c1. The Morgan fingerprint density at radius 2 is 2.11 bits per heavy atom. The number of benzene rings is 1. The van der Waals surface area contributed by atoms with Crippen LogP contribution in [0.15, 0.2) is 36.7 Å². The smallest absolute Gasteiger partial charge is 0.125 e. The minimum Gasteiger partial charge on any atom is -0.394 e. The molecule has 2 aromatic rings. The number of nitrogens with one attached hydrogen (secondary N) is 1. The number of aromatic nitrogens is 1. The Labute approximate surface area is 112 Å². The molecule has 2 N–H and O–H groups in total. The topological polar surface area (TPSA) is 45.1 Å². The maximum absolute atomic E-state index is 13.3. The Morgan fingerprint density at radius 3 is 2.74 bits per heavy atom. The van der Waals surface area contributed by atoms with E-state index >= 15 is 0 Å². The van der Waals surface area contributed by atoms with E-state index in [1.807, 2.05) is 26.0 Å². The molecule has 1 aromatic heterocycles. The van der Waals surface area contributed by atoms with Gasteiger partial charge in [0.1, 0.15) is 5.82 Å². The summed E-state index contributed by atoms with van der Waals surface area (Å²) in [5, 5.41) is 12.7. The second-order valence-corrected chi connectivity index (χ2v) is 4.63. The van der Waals surface area contributed by atoms with E-state index in [0.29, 0.717) is 5.69 Å². The van der Waals surface area contributed by atoms with Gasteiger partial charge in [0.15, 0.2) is 0 Å². The Morgan fingerprint density at radius 1 is 1.32 bits per heavy atom. The molecule has 1 heterocycles. The zero-order chi connectivity index (χ0) is 13.8. The molecule has 0 aliphatic carbocycles. The minimum absolute atomic E-state index is 0.0813. The first kappa shape index (κ1) is 13.5. The lowest BCUT2D eigenvalue weighted by Gasteiger charge is -2.19. The molecular weight excluding hydrogens is 243 g/mol. The highest BCUT2D eigenvalue weighted by Crippen LogP contribution is 2.22. The molecule has 19 heavy (non-hydrogen) atoms. The third-order valence-corrected chi connectivity index (χ3v) is 3.02. The molecule has 100 valence electrons. The van der Waals surface area contributed by atoms with Crippen molar-refractivity contribution in [3.8, 4) is 0 Å². The first-order valence-corrected chi connectivity index (χ1v) is 6.15. The molecule has 3 nitrogen and oxygen atoms in total. The van der Waals surface area contributed by atoms with E-state index < -0.39 is 0 Å². The van der Waals surface area contributed by atoms with Gasteiger partial charge in [0.25, 0.3) is 0 Å². The van der Waals surface area contributed by atoms with Gasteiger partial charge in [0, 0.05) is 18.1 Å². The van der Waals surface area contributed by atoms with Crippen molar-refractivity contribution in [2.24, 2.45) is 0 Å². The van der Waals surface area contributed by atoms with Gasteiger partial charge in [0.05, 0.1) is 12.6 Å². The third kappa shape index (κ3) is 3.29. The molecule has 0 spiro atoms. The minimum atomic E-state index is -0.296. The van der Waals surface area contributed by atoms with E-state index in [1.165, 1.54) is 12.1 Å². The van der Waals surface area contributed by atoms with Gasteiger partial charge in [-0.2, -0.15) is 0 Å². The number of aliphatic hydroxyl groups is 1. The summed E-state index contributed by atoms with van der Waals surface area (Å²) in [6.45, 7) is 3.71. The number of aryl methyl sites for hydroxylation is 2. The molecule has 1 atom stereocenters. The summed E-state index contributed by atoms with van der Waals surface area (Å²) >= 11 is 0. The number of rotatable bonds is 4. The van der Waals surface area contributed by atoms with Crippen molar-refractivity contribution in [2.75, 3.05) is 11.9 Å². The molecule has 1 unspecified atom stereocenters. The first-order valence-electron chi connectivity index (χ1n) is 6.15. The maximum atomic E-state index is 13.3. The molecule has 0 amide bonds. The van der Waals surface area contributed by atoms with Gasteiger partial charge >= 0.3 is 0 Å². The number of pyridine rings is 1. The van der Waals surface area contributed by atoms with Gasteiger partial charge in [-0.1, -0.05) is 0 Å². The first-order chi connectivity index (χ1) is 9.10. The van der Waals surface area contributed by atoms with Gasteiger partial charge in [-0.15, -0.1) is 0 Å². The number of halogens is 1. The number of hydrogen-bond acceptors (Lipinski definition) is 3. The van der Waals surface area contributed by atoms with Crippen LogP contribution in [0.4, 0.5) is 10.1 Å². The van der Waals surface area contributed by atoms with E-state index in [4.69, 9.17) is 0 Å². The van der Waals surface area contributed by atoms with Crippen molar-refractivity contribution >= 4 is 5.69 Å². The average molecular weight is 260 g/mol. The normalized spacial score (nSPS) is 12.2. The number of aliphatic hydroxyl groups excluding tert-OH is 1. The second kappa shape index (κ2) is 5.80. The summed E-state index contributed by atoms with van der Waals surface area (Å²) in [4.78, 5) is 4.07. The zero-order valence-corrected chi connectivity index (χ0v) is 11.0. The Bertz CT molecular complexity index is 552. The van der Waals surface area contributed by atoms with Crippen LogP contribution >= 0.6 is 0 Å². The van der Waals surface area contributed by atoms with Crippen LogP contribution in [0.5, 0.6) is 0 Å². The van der Waals surface area contributed by atoms with Crippen molar-refractivity contribution in [3.05, 3.63) is 59.2 Å². The van der Waals surface area contributed by atoms with Crippen molar-refractivity contribution in [1.82, 2.24) is 4.98 Å². The summed E-state index contributed by atoms with van der Waals surface area (Å²) in [7, 11) is 0. The van der Waals surface area contributed by atoms with Crippen LogP contribution < -0.4 is 5.32 Å². The summed E-state index contributed by atoms with van der Waals surface area (Å²) < 4.78 is 13.3. The summed E-state index contributed by atoms with van der Waals surface area (Å²) in [6.07, 6.45) is 3.43. The van der Waals surface area contributed by atoms with Crippen LogP contribution in [-0.2, 0) is 0 Å². The van der Waals surface area contributed by atoms with Crippen molar-refractivity contribution in [2.45, 2.75) is 19.9 Å². The summed E-state index contributed by atoms with van der Waals surface area (Å²) in [5.41, 5.74) is 3.43. The molecule has 0 aliphatic rings. The summed E-state index contributed by atoms with van der Waals surface area (Å²) in [6, 6.07) is 6.32. The Balaban J connectivity index is 2.26. The quantitative estimate of drug-likeness (QED) is 0.888. The zero-order valence-electron chi connectivity index (χ0n) is 11.0. The van der Waals surface area contributed by atoms with Crippen LogP contribution in [0.3, 0.4) is 0 Å². The largest absolute Gasteiger partial charge is 0.394 e. The molecule has 0 bridgehead atoms. The van der Waals surface area contributed by atoms with Crippen LogP contribution in [-0.4, -0.2) is 16.7 Å². The predicted octanol–water partition coefficient (Wildman–Crippen LogP) is 2.98.